The number of amides is 1. The highest BCUT2D eigenvalue weighted by atomic mass is 32.2. The van der Waals surface area contributed by atoms with Gasteiger partial charge in [0.05, 0.1) is 7.11 Å². The highest BCUT2D eigenvalue weighted by molar-refractivity contribution is 7.89. The Labute approximate surface area is 153 Å². The third kappa shape index (κ3) is 4.16. The smallest absolute Gasteiger partial charge is 0.326 e. The lowest BCUT2D eigenvalue weighted by Crippen LogP contribution is -2.44. The van der Waals surface area contributed by atoms with Crippen molar-refractivity contribution in [2.45, 2.75) is 37.6 Å². The summed E-state index contributed by atoms with van der Waals surface area (Å²) < 4.78 is 32.2. The Balaban J connectivity index is 2.37. The molecule has 1 atom stereocenters. The number of ether oxygens (including phenoxy) is 1. The van der Waals surface area contributed by atoms with Gasteiger partial charge in [0.1, 0.15) is 16.7 Å². The molecule has 8 nitrogen and oxygen atoms in total. The van der Waals surface area contributed by atoms with Gasteiger partial charge in [-0.2, -0.15) is 4.31 Å². The molecular formula is C17H24N2O6S. The lowest BCUT2D eigenvalue weighted by atomic mass is 10.0. The maximum Gasteiger partial charge on any atom is 0.326 e. The molecule has 2 N–H and O–H groups in total. The Bertz CT molecular complexity index is 784. The molecule has 0 radical (unpaired) electrons. The molecule has 0 unspecified atom stereocenters. The number of hydrogen-bond donors (Lipinski definition) is 2. The minimum absolute atomic E-state index is 0.0653. The van der Waals surface area contributed by atoms with Crippen LogP contribution in [0.25, 0.3) is 0 Å². The van der Waals surface area contributed by atoms with E-state index in [2.05, 4.69) is 5.32 Å². The highest BCUT2D eigenvalue weighted by Crippen LogP contribution is 2.29. The first kappa shape index (κ1) is 20.2. The average molecular weight is 384 g/mol. The number of benzene rings is 1. The van der Waals surface area contributed by atoms with Crippen molar-refractivity contribution in [3.05, 3.63) is 23.8 Å². The minimum Gasteiger partial charge on any atom is -0.495 e. The van der Waals surface area contributed by atoms with Gasteiger partial charge in [0.2, 0.25) is 10.0 Å². The molecule has 2 rings (SSSR count). The summed E-state index contributed by atoms with van der Waals surface area (Å²) in [6.07, 6.45) is 1.58. The fourth-order valence-electron chi connectivity index (χ4n) is 2.83. The number of sulfonamides is 1. The average Bonchev–Trinajstić information content (AvgIpc) is 3.13. The molecule has 1 aliphatic rings. The van der Waals surface area contributed by atoms with Crippen molar-refractivity contribution >= 4 is 21.9 Å². The number of aliphatic carboxylic acids is 1. The summed E-state index contributed by atoms with van der Waals surface area (Å²) in [5, 5.41) is 11.6. The molecule has 1 saturated heterocycles. The van der Waals surface area contributed by atoms with E-state index in [0.717, 1.165) is 12.8 Å². The van der Waals surface area contributed by atoms with E-state index in [1.807, 2.05) is 0 Å². The molecule has 26 heavy (non-hydrogen) atoms. The zero-order valence-corrected chi connectivity index (χ0v) is 15.9. The zero-order valence-electron chi connectivity index (χ0n) is 15.1. The van der Waals surface area contributed by atoms with Crippen LogP contribution in [0.1, 0.15) is 37.0 Å². The molecule has 1 aromatic carbocycles. The van der Waals surface area contributed by atoms with Crippen LogP contribution in [0.15, 0.2) is 23.1 Å². The van der Waals surface area contributed by atoms with Gasteiger partial charge in [0.25, 0.3) is 5.91 Å². The van der Waals surface area contributed by atoms with Gasteiger partial charge < -0.3 is 15.2 Å². The standard InChI is InChI=1S/C17H24N2O6S/c1-11(2)15(17(21)22)18-16(20)12-6-7-13(25-3)14(10-12)26(23,24)19-8-4-5-9-19/h6-7,10-11,15H,4-5,8-9H2,1-3H3,(H,18,20)(H,21,22)/t15-/m0/s1. The lowest BCUT2D eigenvalue weighted by molar-refractivity contribution is -0.140. The van der Waals surface area contributed by atoms with Gasteiger partial charge in [0.15, 0.2) is 0 Å². The second-order valence-corrected chi connectivity index (χ2v) is 8.42. The second-order valence-electron chi connectivity index (χ2n) is 6.51. The number of hydrogen-bond acceptors (Lipinski definition) is 5. The Hall–Kier alpha value is -2.13. The normalized spacial score (nSPS) is 16.5. The van der Waals surface area contributed by atoms with Gasteiger partial charge in [-0.25, -0.2) is 13.2 Å². The summed E-state index contributed by atoms with van der Waals surface area (Å²) >= 11 is 0. The van der Waals surface area contributed by atoms with E-state index in [1.165, 1.54) is 29.6 Å². The summed E-state index contributed by atoms with van der Waals surface area (Å²) in [5.41, 5.74) is 0.0653. The van der Waals surface area contributed by atoms with Gasteiger partial charge in [-0.15, -0.1) is 0 Å². The van der Waals surface area contributed by atoms with E-state index in [-0.39, 0.29) is 22.1 Å². The van der Waals surface area contributed by atoms with Crippen LogP contribution in [0.2, 0.25) is 0 Å². The number of nitrogens with zero attached hydrogens (tertiary/aromatic N) is 1. The SMILES string of the molecule is COc1ccc(C(=O)N[C@H](C(=O)O)C(C)C)cc1S(=O)(=O)N1CCCC1. The molecule has 1 aliphatic heterocycles. The molecule has 144 valence electrons. The molecule has 0 saturated carbocycles. The molecule has 9 heteroatoms. The van der Waals surface area contributed by atoms with Crippen molar-refractivity contribution in [1.82, 2.24) is 9.62 Å². The summed E-state index contributed by atoms with van der Waals surface area (Å²) in [6.45, 7) is 4.21. The predicted octanol–water partition coefficient (Wildman–Crippen LogP) is 1.32. The first-order chi connectivity index (χ1) is 12.2. The molecule has 0 aromatic heterocycles. The van der Waals surface area contributed by atoms with E-state index >= 15 is 0 Å². The molecule has 1 fully saturated rings. The number of methoxy groups -OCH3 is 1. The summed E-state index contributed by atoms with van der Waals surface area (Å²) in [6, 6.07) is 2.99. The largest absolute Gasteiger partial charge is 0.495 e. The van der Waals surface area contributed by atoms with Gasteiger partial charge in [-0.05, 0) is 37.0 Å². The Morgan fingerprint density at radius 3 is 2.35 bits per heavy atom. The molecule has 1 aromatic rings. The van der Waals surface area contributed by atoms with Crippen LogP contribution < -0.4 is 10.1 Å². The minimum atomic E-state index is -3.79. The highest BCUT2D eigenvalue weighted by Gasteiger charge is 2.31. The lowest BCUT2D eigenvalue weighted by Gasteiger charge is -2.20. The van der Waals surface area contributed by atoms with Crippen molar-refractivity contribution in [2.24, 2.45) is 5.92 Å². The Morgan fingerprint density at radius 1 is 1.23 bits per heavy atom. The van der Waals surface area contributed by atoms with Gasteiger partial charge in [-0.1, -0.05) is 13.8 Å². The van der Waals surface area contributed by atoms with Crippen LogP contribution in [0.5, 0.6) is 5.75 Å². The fourth-order valence-corrected chi connectivity index (χ4v) is 4.52. The van der Waals surface area contributed by atoms with E-state index in [4.69, 9.17) is 4.74 Å². The van der Waals surface area contributed by atoms with Crippen LogP contribution in [0.4, 0.5) is 0 Å². The quantitative estimate of drug-likeness (QED) is 0.733. The number of nitrogens with one attached hydrogen (secondary N) is 1. The Kier molecular flexibility index (Phi) is 6.25. The third-order valence-electron chi connectivity index (χ3n) is 4.33. The Morgan fingerprint density at radius 2 is 1.85 bits per heavy atom. The van der Waals surface area contributed by atoms with Crippen LogP contribution in [-0.2, 0) is 14.8 Å². The number of carboxylic acids is 1. The molecular weight excluding hydrogens is 360 g/mol. The molecule has 1 amide bonds. The maximum atomic E-state index is 12.8. The van der Waals surface area contributed by atoms with Crippen molar-refractivity contribution in [3.8, 4) is 5.75 Å². The van der Waals surface area contributed by atoms with E-state index < -0.39 is 27.9 Å². The summed E-state index contributed by atoms with van der Waals surface area (Å²) in [7, 11) is -2.43. The number of carbonyl (C=O) groups is 2. The number of carbonyl (C=O) groups excluding carboxylic acids is 1. The maximum absolute atomic E-state index is 12.8. The van der Waals surface area contributed by atoms with Crippen molar-refractivity contribution in [3.63, 3.8) is 0 Å². The second kappa shape index (κ2) is 8.05. The summed E-state index contributed by atoms with van der Waals surface area (Å²) in [5.74, 6) is -1.96. The van der Waals surface area contributed by atoms with Gasteiger partial charge in [0, 0.05) is 18.7 Å². The monoisotopic (exact) mass is 384 g/mol. The number of carboxylic acid groups (broad SMARTS) is 1. The van der Waals surface area contributed by atoms with Crippen LogP contribution in [0, 0.1) is 5.92 Å². The number of rotatable bonds is 7. The zero-order chi connectivity index (χ0) is 19.5. The van der Waals surface area contributed by atoms with E-state index in [9.17, 15) is 23.1 Å². The topological polar surface area (TPSA) is 113 Å². The van der Waals surface area contributed by atoms with Crippen LogP contribution in [0.3, 0.4) is 0 Å². The first-order valence-electron chi connectivity index (χ1n) is 8.40. The molecule has 0 aliphatic carbocycles. The first-order valence-corrected chi connectivity index (χ1v) is 9.84. The third-order valence-corrected chi connectivity index (χ3v) is 6.25. The van der Waals surface area contributed by atoms with Crippen LogP contribution >= 0.6 is 0 Å². The molecule has 0 spiro atoms. The van der Waals surface area contributed by atoms with Crippen LogP contribution in [-0.4, -0.2) is 55.9 Å². The van der Waals surface area contributed by atoms with E-state index in [1.54, 1.807) is 13.8 Å². The fraction of sp³-hybridized carbons (Fsp3) is 0.529. The summed E-state index contributed by atoms with van der Waals surface area (Å²) in [4.78, 5) is 23.6. The predicted molar refractivity (Wildman–Crippen MR) is 94.7 cm³/mol. The molecule has 1 heterocycles. The van der Waals surface area contributed by atoms with Gasteiger partial charge >= 0.3 is 5.97 Å². The van der Waals surface area contributed by atoms with E-state index in [0.29, 0.717) is 13.1 Å². The van der Waals surface area contributed by atoms with Gasteiger partial charge in [-0.3, -0.25) is 4.79 Å². The molecule has 0 bridgehead atoms. The van der Waals surface area contributed by atoms with Crippen molar-refractivity contribution < 1.29 is 27.9 Å². The van der Waals surface area contributed by atoms with Crippen molar-refractivity contribution in [2.75, 3.05) is 20.2 Å². The van der Waals surface area contributed by atoms with Crippen molar-refractivity contribution in [1.29, 1.82) is 0 Å².